The van der Waals surface area contributed by atoms with Gasteiger partial charge in [-0.2, -0.15) is 0 Å². The minimum Gasteiger partial charge on any atom is -0.383 e. The Morgan fingerprint density at radius 1 is 1.50 bits per heavy atom. The van der Waals surface area contributed by atoms with Crippen molar-refractivity contribution in [2.45, 2.75) is 0 Å². The summed E-state index contributed by atoms with van der Waals surface area (Å²) in [6, 6.07) is 0. The van der Waals surface area contributed by atoms with Crippen LogP contribution < -0.4 is 22.1 Å². The van der Waals surface area contributed by atoms with Crippen molar-refractivity contribution in [3.05, 3.63) is 24.2 Å². The molecule has 0 saturated heterocycles. The summed E-state index contributed by atoms with van der Waals surface area (Å²) in [7, 11) is 0. The fourth-order valence-corrected chi connectivity index (χ4v) is 0.462. The average Bonchev–Trinajstić information content (AvgIpc) is 2.14. The summed E-state index contributed by atoms with van der Waals surface area (Å²) in [5.41, 5.74) is 14.1. The highest BCUT2D eigenvalue weighted by Gasteiger charge is 2.03. The largest absolute Gasteiger partial charge is 0.383 e. The van der Waals surface area contributed by atoms with E-state index in [9.17, 15) is 0 Å². The Labute approximate surface area is 47.4 Å². The quantitative estimate of drug-likeness (QED) is 0.348. The number of hydrazine groups is 2. The molecule has 1 heterocycles. The van der Waals surface area contributed by atoms with E-state index in [2.05, 4.69) is 23.0 Å². The molecular weight excluding hydrogens is 104 g/mol. The van der Waals surface area contributed by atoms with Crippen LogP contribution >= 0.6 is 0 Å². The van der Waals surface area contributed by atoms with Gasteiger partial charge in [0, 0.05) is 0 Å². The standard InChI is InChI=1S/C4H8N4/c1-2-3-4(5)7-8-6-3/h2,6-8H,1,5H2. The van der Waals surface area contributed by atoms with Crippen molar-refractivity contribution in [2.75, 3.05) is 0 Å². The van der Waals surface area contributed by atoms with Gasteiger partial charge in [-0.25, -0.2) is 0 Å². The van der Waals surface area contributed by atoms with Crippen molar-refractivity contribution in [1.29, 1.82) is 0 Å². The highest BCUT2D eigenvalue weighted by molar-refractivity contribution is 5.20. The summed E-state index contributed by atoms with van der Waals surface area (Å²) in [5.74, 6) is 0.569. The molecular formula is C4H8N4. The maximum absolute atomic E-state index is 5.36. The number of allylic oxidation sites excluding steroid dienone is 1. The van der Waals surface area contributed by atoms with Crippen LogP contribution in [0.25, 0.3) is 0 Å². The molecule has 0 atom stereocenters. The summed E-state index contributed by atoms with van der Waals surface area (Å²) in [6.07, 6.45) is 1.63. The summed E-state index contributed by atoms with van der Waals surface area (Å²) < 4.78 is 0. The topological polar surface area (TPSA) is 62.1 Å². The maximum atomic E-state index is 5.36. The van der Waals surface area contributed by atoms with E-state index in [4.69, 9.17) is 5.73 Å². The third kappa shape index (κ3) is 0.607. The Bertz CT molecular complexity index is 137. The lowest BCUT2D eigenvalue weighted by Crippen LogP contribution is -2.33. The van der Waals surface area contributed by atoms with Crippen molar-refractivity contribution < 1.29 is 0 Å². The van der Waals surface area contributed by atoms with Crippen LogP contribution in [0.4, 0.5) is 0 Å². The molecule has 0 aliphatic carbocycles. The normalized spacial score (nSPS) is 17.5. The van der Waals surface area contributed by atoms with E-state index in [1.54, 1.807) is 6.08 Å². The van der Waals surface area contributed by atoms with Gasteiger partial charge in [-0.15, -0.1) is 5.53 Å². The fourth-order valence-electron chi connectivity index (χ4n) is 0.462. The lowest BCUT2D eigenvalue weighted by Gasteiger charge is -1.91. The predicted octanol–water partition coefficient (Wildman–Crippen LogP) is -1.09. The molecule has 44 valence electrons. The minimum absolute atomic E-state index is 0.569. The van der Waals surface area contributed by atoms with Gasteiger partial charge in [0.15, 0.2) is 0 Å². The molecule has 1 aliphatic rings. The molecule has 8 heavy (non-hydrogen) atoms. The first-order valence-electron chi connectivity index (χ1n) is 2.24. The molecule has 0 aromatic carbocycles. The second-order valence-corrected chi connectivity index (χ2v) is 1.41. The van der Waals surface area contributed by atoms with E-state index >= 15 is 0 Å². The monoisotopic (exact) mass is 112 g/mol. The van der Waals surface area contributed by atoms with Gasteiger partial charge in [0.1, 0.15) is 5.82 Å². The summed E-state index contributed by atoms with van der Waals surface area (Å²) in [4.78, 5) is 0. The molecule has 4 nitrogen and oxygen atoms in total. The van der Waals surface area contributed by atoms with Crippen LogP contribution in [0.5, 0.6) is 0 Å². The number of nitrogens with one attached hydrogen (secondary N) is 3. The van der Waals surface area contributed by atoms with Crippen molar-refractivity contribution in [3.8, 4) is 0 Å². The van der Waals surface area contributed by atoms with Crippen LogP contribution in [0.3, 0.4) is 0 Å². The zero-order valence-electron chi connectivity index (χ0n) is 4.36. The molecule has 1 aliphatic heterocycles. The van der Waals surface area contributed by atoms with Crippen LogP contribution in [0.2, 0.25) is 0 Å². The van der Waals surface area contributed by atoms with Crippen molar-refractivity contribution in [2.24, 2.45) is 5.73 Å². The summed E-state index contributed by atoms with van der Waals surface area (Å²) in [5, 5.41) is 0. The Morgan fingerprint density at radius 3 is 2.50 bits per heavy atom. The van der Waals surface area contributed by atoms with Gasteiger partial charge in [-0.3, -0.25) is 5.43 Å². The van der Waals surface area contributed by atoms with Crippen molar-refractivity contribution in [3.63, 3.8) is 0 Å². The first kappa shape index (κ1) is 4.99. The second-order valence-electron chi connectivity index (χ2n) is 1.41. The minimum atomic E-state index is 0.569. The molecule has 0 unspecified atom stereocenters. The summed E-state index contributed by atoms with van der Waals surface area (Å²) in [6.45, 7) is 3.51. The third-order valence-corrected chi connectivity index (χ3v) is 0.889. The molecule has 4 heteroatoms. The van der Waals surface area contributed by atoms with E-state index in [1.807, 2.05) is 0 Å². The number of hydrogen-bond donors (Lipinski definition) is 4. The Balaban J connectivity index is 2.72. The van der Waals surface area contributed by atoms with Crippen molar-refractivity contribution in [1.82, 2.24) is 16.4 Å². The van der Waals surface area contributed by atoms with Crippen LogP contribution in [0.1, 0.15) is 0 Å². The van der Waals surface area contributed by atoms with Gasteiger partial charge < -0.3 is 11.2 Å². The molecule has 1 rings (SSSR count). The molecule has 0 aromatic heterocycles. The Morgan fingerprint density at radius 2 is 2.25 bits per heavy atom. The van der Waals surface area contributed by atoms with Crippen LogP contribution in [0.15, 0.2) is 24.2 Å². The molecule has 0 radical (unpaired) electrons. The molecule has 0 fully saturated rings. The second kappa shape index (κ2) is 1.75. The molecule has 0 amide bonds. The lowest BCUT2D eigenvalue weighted by molar-refractivity contribution is 0.591. The van der Waals surface area contributed by atoms with Gasteiger partial charge in [0.05, 0.1) is 5.70 Å². The fraction of sp³-hybridized carbons (Fsp3) is 0. The molecule has 0 bridgehead atoms. The molecule has 0 saturated carbocycles. The van der Waals surface area contributed by atoms with Crippen LogP contribution in [-0.4, -0.2) is 0 Å². The Hall–Kier alpha value is -1.16. The molecule has 0 aromatic rings. The van der Waals surface area contributed by atoms with Gasteiger partial charge in [0.25, 0.3) is 0 Å². The zero-order valence-corrected chi connectivity index (χ0v) is 4.36. The smallest absolute Gasteiger partial charge is 0.137 e. The number of rotatable bonds is 1. The predicted molar refractivity (Wildman–Crippen MR) is 30.8 cm³/mol. The zero-order chi connectivity index (χ0) is 5.98. The number of hydrogen-bond acceptors (Lipinski definition) is 4. The highest BCUT2D eigenvalue weighted by Crippen LogP contribution is 1.92. The lowest BCUT2D eigenvalue weighted by atomic mass is 10.4. The number of nitrogens with two attached hydrogens (primary N) is 1. The van der Waals surface area contributed by atoms with E-state index in [-0.39, 0.29) is 0 Å². The van der Waals surface area contributed by atoms with Gasteiger partial charge in [0.2, 0.25) is 0 Å². The molecule has 0 spiro atoms. The van der Waals surface area contributed by atoms with Crippen molar-refractivity contribution >= 4 is 0 Å². The third-order valence-electron chi connectivity index (χ3n) is 0.889. The van der Waals surface area contributed by atoms with Crippen LogP contribution in [0, 0.1) is 0 Å². The highest BCUT2D eigenvalue weighted by atomic mass is 15.6. The van der Waals surface area contributed by atoms with Crippen LogP contribution in [-0.2, 0) is 0 Å². The SMILES string of the molecule is C=CC1=C(N)NNN1. The van der Waals surface area contributed by atoms with Gasteiger partial charge >= 0.3 is 0 Å². The maximum Gasteiger partial charge on any atom is 0.137 e. The van der Waals surface area contributed by atoms with E-state index < -0.39 is 0 Å². The Kier molecular flexibility index (Phi) is 1.09. The summed E-state index contributed by atoms with van der Waals surface area (Å²) >= 11 is 0. The average molecular weight is 112 g/mol. The first-order valence-corrected chi connectivity index (χ1v) is 2.24. The van der Waals surface area contributed by atoms with E-state index in [0.29, 0.717) is 5.82 Å². The van der Waals surface area contributed by atoms with Gasteiger partial charge in [-0.1, -0.05) is 6.58 Å². The first-order chi connectivity index (χ1) is 3.84. The van der Waals surface area contributed by atoms with Gasteiger partial charge in [-0.05, 0) is 6.08 Å². The van der Waals surface area contributed by atoms with E-state index in [1.165, 1.54) is 0 Å². The molecule has 5 N–H and O–H groups in total. The van der Waals surface area contributed by atoms with E-state index in [0.717, 1.165) is 5.70 Å².